The van der Waals surface area contributed by atoms with E-state index in [1.807, 2.05) is 0 Å². The van der Waals surface area contributed by atoms with Gasteiger partial charge < -0.3 is 11.1 Å². The lowest BCUT2D eigenvalue weighted by molar-refractivity contribution is 0.136. The Balaban J connectivity index is 1.97. The fourth-order valence-electron chi connectivity index (χ4n) is 3.84. The standard InChI is InChI=1S/C15H31N3/c1-3-13(4-2)11-17-15(12-16)8-10-18-9-6-5-7-14(15)18/h13-14,17H,3-12,16H2,1-2H3. The zero-order valence-corrected chi connectivity index (χ0v) is 12.3. The first-order valence-electron chi connectivity index (χ1n) is 7.95. The second-order valence-electron chi connectivity index (χ2n) is 6.22. The summed E-state index contributed by atoms with van der Waals surface area (Å²) in [6.07, 6.45) is 7.90. The van der Waals surface area contributed by atoms with Gasteiger partial charge in [-0.3, -0.25) is 4.90 Å². The average molecular weight is 253 g/mol. The molecule has 2 atom stereocenters. The maximum absolute atomic E-state index is 6.16. The van der Waals surface area contributed by atoms with Crippen molar-refractivity contribution < 1.29 is 0 Å². The number of piperidine rings is 1. The number of rotatable bonds is 6. The van der Waals surface area contributed by atoms with Crippen LogP contribution in [0.15, 0.2) is 0 Å². The average Bonchev–Trinajstić information content (AvgIpc) is 2.80. The molecule has 3 N–H and O–H groups in total. The number of nitrogens with two attached hydrogens (primary N) is 1. The van der Waals surface area contributed by atoms with Crippen LogP contribution in [-0.4, -0.2) is 42.7 Å². The minimum absolute atomic E-state index is 0.211. The monoisotopic (exact) mass is 253 g/mol. The van der Waals surface area contributed by atoms with Crippen molar-refractivity contribution in [1.29, 1.82) is 0 Å². The van der Waals surface area contributed by atoms with Crippen LogP contribution in [0.5, 0.6) is 0 Å². The third-order valence-corrected chi connectivity index (χ3v) is 5.36. The second-order valence-corrected chi connectivity index (χ2v) is 6.22. The van der Waals surface area contributed by atoms with Crippen molar-refractivity contribution in [3.05, 3.63) is 0 Å². The minimum Gasteiger partial charge on any atom is -0.329 e. The number of hydrogen-bond acceptors (Lipinski definition) is 3. The van der Waals surface area contributed by atoms with Gasteiger partial charge in [0.25, 0.3) is 0 Å². The topological polar surface area (TPSA) is 41.3 Å². The highest BCUT2D eigenvalue weighted by atomic mass is 15.3. The SMILES string of the molecule is CCC(CC)CNC1(CN)CCN2CCCCC21. The molecule has 2 rings (SSSR count). The number of hydrogen-bond donors (Lipinski definition) is 2. The van der Waals surface area contributed by atoms with Gasteiger partial charge in [0.2, 0.25) is 0 Å². The number of fused-ring (bicyclic) bond motifs is 1. The molecule has 3 nitrogen and oxygen atoms in total. The molecule has 0 bridgehead atoms. The molecule has 0 aromatic heterocycles. The smallest absolute Gasteiger partial charge is 0.0473 e. The molecule has 0 radical (unpaired) electrons. The van der Waals surface area contributed by atoms with E-state index in [0.717, 1.165) is 19.0 Å². The van der Waals surface area contributed by atoms with Crippen molar-refractivity contribution in [1.82, 2.24) is 10.2 Å². The van der Waals surface area contributed by atoms with E-state index in [1.54, 1.807) is 0 Å². The minimum atomic E-state index is 0.211. The van der Waals surface area contributed by atoms with Crippen LogP contribution in [0.25, 0.3) is 0 Å². The highest BCUT2D eigenvalue weighted by Crippen LogP contribution is 2.34. The molecule has 0 spiro atoms. The molecular weight excluding hydrogens is 222 g/mol. The molecule has 0 aromatic rings. The summed E-state index contributed by atoms with van der Waals surface area (Å²) >= 11 is 0. The van der Waals surface area contributed by atoms with Crippen LogP contribution in [0.1, 0.15) is 52.4 Å². The lowest BCUT2D eigenvalue weighted by Gasteiger charge is -2.41. The fraction of sp³-hybridized carbons (Fsp3) is 1.00. The summed E-state index contributed by atoms with van der Waals surface area (Å²) in [7, 11) is 0. The Morgan fingerprint density at radius 2 is 2.06 bits per heavy atom. The molecule has 2 aliphatic rings. The van der Waals surface area contributed by atoms with Crippen molar-refractivity contribution in [3.63, 3.8) is 0 Å². The van der Waals surface area contributed by atoms with Gasteiger partial charge >= 0.3 is 0 Å². The Labute approximate surface area is 112 Å². The second kappa shape index (κ2) is 6.36. The molecule has 2 heterocycles. The molecule has 0 aliphatic carbocycles. The summed E-state index contributed by atoms with van der Waals surface area (Å²) in [4.78, 5) is 2.68. The van der Waals surface area contributed by atoms with E-state index in [-0.39, 0.29) is 5.54 Å². The van der Waals surface area contributed by atoms with E-state index in [9.17, 15) is 0 Å². The normalized spacial score (nSPS) is 33.0. The summed E-state index contributed by atoms with van der Waals surface area (Å²) in [5.74, 6) is 0.811. The van der Waals surface area contributed by atoms with Crippen molar-refractivity contribution in [2.75, 3.05) is 26.2 Å². The molecule has 3 heteroatoms. The molecule has 0 amide bonds. The third kappa shape index (κ3) is 2.73. The molecule has 106 valence electrons. The van der Waals surface area contributed by atoms with Gasteiger partial charge in [-0.05, 0) is 38.3 Å². The highest BCUT2D eigenvalue weighted by Gasteiger charge is 2.46. The van der Waals surface area contributed by atoms with Gasteiger partial charge in [0, 0.05) is 24.7 Å². The van der Waals surface area contributed by atoms with Gasteiger partial charge in [-0.25, -0.2) is 0 Å². The van der Waals surface area contributed by atoms with E-state index in [0.29, 0.717) is 6.04 Å². The fourth-order valence-corrected chi connectivity index (χ4v) is 3.84. The molecule has 0 saturated carbocycles. The van der Waals surface area contributed by atoms with Gasteiger partial charge in [-0.2, -0.15) is 0 Å². The van der Waals surface area contributed by atoms with Crippen LogP contribution < -0.4 is 11.1 Å². The zero-order chi connectivity index (χ0) is 13.0. The predicted molar refractivity (Wildman–Crippen MR) is 77.7 cm³/mol. The zero-order valence-electron chi connectivity index (χ0n) is 12.3. The van der Waals surface area contributed by atoms with Crippen LogP contribution in [0, 0.1) is 5.92 Å². The molecule has 2 aliphatic heterocycles. The first kappa shape index (κ1) is 14.3. The molecule has 0 aromatic carbocycles. The maximum Gasteiger partial charge on any atom is 0.0473 e. The summed E-state index contributed by atoms with van der Waals surface area (Å²) in [5.41, 5.74) is 6.37. The lowest BCUT2D eigenvalue weighted by atomic mass is 9.84. The molecule has 2 fully saturated rings. The summed E-state index contributed by atoms with van der Waals surface area (Å²) in [5, 5.41) is 3.88. The summed E-state index contributed by atoms with van der Waals surface area (Å²) < 4.78 is 0. The van der Waals surface area contributed by atoms with E-state index < -0.39 is 0 Å². The largest absolute Gasteiger partial charge is 0.329 e. The van der Waals surface area contributed by atoms with E-state index in [2.05, 4.69) is 24.1 Å². The molecule has 2 saturated heterocycles. The predicted octanol–water partition coefficient (Wildman–Crippen LogP) is 1.97. The Hall–Kier alpha value is -0.120. The molecule has 18 heavy (non-hydrogen) atoms. The van der Waals surface area contributed by atoms with Crippen LogP contribution >= 0.6 is 0 Å². The van der Waals surface area contributed by atoms with Crippen LogP contribution in [0.3, 0.4) is 0 Å². The van der Waals surface area contributed by atoms with Crippen LogP contribution in [0.4, 0.5) is 0 Å². The van der Waals surface area contributed by atoms with Crippen LogP contribution in [-0.2, 0) is 0 Å². The first-order valence-corrected chi connectivity index (χ1v) is 7.95. The first-order chi connectivity index (χ1) is 8.75. The van der Waals surface area contributed by atoms with Crippen molar-refractivity contribution in [2.24, 2.45) is 11.7 Å². The Kier molecular flexibility index (Phi) is 5.05. The Morgan fingerprint density at radius 1 is 1.28 bits per heavy atom. The van der Waals surface area contributed by atoms with E-state index >= 15 is 0 Å². The van der Waals surface area contributed by atoms with E-state index in [4.69, 9.17) is 5.73 Å². The van der Waals surface area contributed by atoms with E-state index in [1.165, 1.54) is 51.6 Å². The number of nitrogens with one attached hydrogen (secondary N) is 1. The molecular formula is C15H31N3. The van der Waals surface area contributed by atoms with Gasteiger partial charge in [0.05, 0.1) is 0 Å². The lowest BCUT2D eigenvalue weighted by Crippen LogP contribution is -2.60. The molecule has 2 unspecified atom stereocenters. The van der Waals surface area contributed by atoms with Gasteiger partial charge in [-0.1, -0.05) is 33.1 Å². The van der Waals surface area contributed by atoms with Crippen molar-refractivity contribution in [3.8, 4) is 0 Å². The Bertz CT molecular complexity index is 252. The number of nitrogens with zero attached hydrogens (tertiary/aromatic N) is 1. The third-order valence-electron chi connectivity index (χ3n) is 5.36. The van der Waals surface area contributed by atoms with Crippen LogP contribution in [0.2, 0.25) is 0 Å². The highest BCUT2D eigenvalue weighted by molar-refractivity contribution is 5.07. The summed E-state index contributed by atoms with van der Waals surface area (Å²) in [6, 6.07) is 0.700. The van der Waals surface area contributed by atoms with Crippen molar-refractivity contribution >= 4 is 0 Å². The van der Waals surface area contributed by atoms with Gasteiger partial charge in [-0.15, -0.1) is 0 Å². The van der Waals surface area contributed by atoms with Gasteiger partial charge in [0.15, 0.2) is 0 Å². The Morgan fingerprint density at radius 3 is 2.72 bits per heavy atom. The van der Waals surface area contributed by atoms with Gasteiger partial charge in [0.1, 0.15) is 0 Å². The summed E-state index contributed by atoms with van der Waals surface area (Å²) in [6.45, 7) is 9.08. The quantitative estimate of drug-likeness (QED) is 0.760. The maximum atomic E-state index is 6.16. The van der Waals surface area contributed by atoms with Crippen molar-refractivity contribution in [2.45, 2.75) is 64.0 Å².